The summed E-state index contributed by atoms with van der Waals surface area (Å²) >= 11 is 0. The molecule has 1 saturated carbocycles. The van der Waals surface area contributed by atoms with E-state index in [0.29, 0.717) is 6.61 Å². The molecule has 1 aliphatic heterocycles. The second kappa shape index (κ2) is 6.17. The zero-order valence-electron chi connectivity index (χ0n) is 11.5. The Morgan fingerprint density at radius 3 is 2.45 bits per heavy atom. The van der Waals surface area contributed by atoms with Gasteiger partial charge in [0.25, 0.3) is 0 Å². The molecular weight excluding hydrogens is 277 g/mol. The van der Waals surface area contributed by atoms with Crippen molar-refractivity contribution >= 4 is 0 Å². The van der Waals surface area contributed by atoms with Gasteiger partial charge in [0.2, 0.25) is 0 Å². The number of alkyl halides is 3. The average Bonchev–Trinajstić information content (AvgIpc) is 2.32. The second-order valence-corrected chi connectivity index (χ2v) is 5.80. The summed E-state index contributed by atoms with van der Waals surface area (Å²) in [6, 6.07) is 0. The van der Waals surface area contributed by atoms with Crippen LogP contribution in [0.1, 0.15) is 39.0 Å². The molecule has 4 nitrogen and oxygen atoms in total. The molecule has 0 bridgehead atoms. The maximum atomic E-state index is 12.0. The van der Waals surface area contributed by atoms with Crippen molar-refractivity contribution in [1.29, 1.82) is 0 Å². The highest BCUT2D eigenvalue weighted by Gasteiger charge is 2.42. The predicted octanol–water partition coefficient (Wildman–Crippen LogP) is 2.39. The minimum Gasteiger partial charge on any atom is -0.385 e. The Labute approximate surface area is 116 Å². The molecule has 2 fully saturated rings. The Morgan fingerprint density at radius 1 is 1.20 bits per heavy atom. The number of halogens is 3. The molecule has 0 aromatic heterocycles. The Hall–Kier alpha value is -0.370. The molecule has 0 amide bonds. The van der Waals surface area contributed by atoms with E-state index >= 15 is 0 Å². The summed E-state index contributed by atoms with van der Waals surface area (Å²) in [4.78, 5) is 0. The maximum absolute atomic E-state index is 12.0. The smallest absolute Gasteiger partial charge is 0.385 e. The molecule has 0 aromatic rings. The summed E-state index contributed by atoms with van der Waals surface area (Å²) in [6.45, 7) is 2.35. The summed E-state index contributed by atoms with van der Waals surface area (Å²) in [5, 5.41) is 10.3. The van der Waals surface area contributed by atoms with Gasteiger partial charge in [-0.25, -0.2) is 0 Å². The van der Waals surface area contributed by atoms with Crippen LogP contribution in [0.15, 0.2) is 0 Å². The van der Waals surface area contributed by atoms with Crippen LogP contribution in [0.3, 0.4) is 0 Å². The third kappa shape index (κ3) is 4.58. The van der Waals surface area contributed by atoms with E-state index in [4.69, 9.17) is 9.47 Å². The molecule has 1 heterocycles. The Bertz CT molecular complexity index is 307. The minimum absolute atomic E-state index is 0.0705. The molecule has 2 atom stereocenters. The van der Waals surface area contributed by atoms with E-state index in [-0.39, 0.29) is 31.7 Å². The summed E-state index contributed by atoms with van der Waals surface area (Å²) < 4.78 is 50.7. The molecule has 1 N–H and O–H groups in total. The standard InChI is InChI=1S/C13H21F3O4/c1-12(17,11-4-2-3-5-18-11)8-19-9-6-10(7-9)20-13(14,15)16/h9-11,17H,2-8H2,1H3. The minimum atomic E-state index is -4.59. The lowest BCUT2D eigenvalue weighted by molar-refractivity contribution is -0.358. The summed E-state index contributed by atoms with van der Waals surface area (Å²) in [5.41, 5.74) is -1.10. The first-order valence-corrected chi connectivity index (χ1v) is 6.96. The SMILES string of the molecule is CC(O)(COC1CC(OC(F)(F)F)C1)C1CCCCO1. The average molecular weight is 298 g/mol. The molecule has 0 radical (unpaired) electrons. The lowest BCUT2D eigenvalue weighted by Gasteiger charge is -2.39. The lowest BCUT2D eigenvalue weighted by atomic mass is 9.90. The van der Waals surface area contributed by atoms with E-state index in [9.17, 15) is 18.3 Å². The number of ether oxygens (including phenoxy) is 3. The molecule has 2 aliphatic rings. The van der Waals surface area contributed by atoms with Gasteiger partial charge in [-0.15, -0.1) is 13.2 Å². The molecule has 0 spiro atoms. The number of aliphatic hydroxyl groups is 1. The summed E-state index contributed by atoms with van der Waals surface area (Å²) in [6.07, 6.45) is -2.76. The van der Waals surface area contributed by atoms with Gasteiger partial charge >= 0.3 is 6.36 Å². The maximum Gasteiger partial charge on any atom is 0.522 e. The first-order chi connectivity index (χ1) is 9.26. The quantitative estimate of drug-likeness (QED) is 0.846. The summed E-state index contributed by atoms with van der Waals surface area (Å²) in [5.74, 6) is 0. The Kier molecular flexibility index (Phi) is 4.94. The molecular formula is C13H21F3O4. The van der Waals surface area contributed by atoms with Crippen molar-refractivity contribution in [3.05, 3.63) is 0 Å². The van der Waals surface area contributed by atoms with Gasteiger partial charge in [0.05, 0.1) is 24.9 Å². The van der Waals surface area contributed by atoms with Crippen molar-refractivity contribution in [2.24, 2.45) is 0 Å². The van der Waals surface area contributed by atoms with E-state index in [0.717, 1.165) is 19.3 Å². The molecule has 1 saturated heterocycles. The van der Waals surface area contributed by atoms with E-state index in [1.54, 1.807) is 6.92 Å². The highest BCUT2D eigenvalue weighted by molar-refractivity contribution is 4.87. The fourth-order valence-corrected chi connectivity index (χ4v) is 2.55. The molecule has 7 heteroatoms. The molecule has 2 rings (SSSR count). The predicted molar refractivity (Wildman–Crippen MR) is 64.1 cm³/mol. The Balaban J connectivity index is 1.66. The van der Waals surface area contributed by atoms with Gasteiger partial charge in [-0.2, -0.15) is 0 Å². The van der Waals surface area contributed by atoms with Gasteiger partial charge in [-0.05, 0) is 26.2 Å². The van der Waals surface area contributed by atoms with Gasteiger partial charge in [0.15, 0.2) is 0 Å². The van der Waals surface area contributed by atoms with Crippen LogP contribution >= 0.6 is 0 Å². The van der Waals surface area contributed by atoms with Crippen molar-refractivity contribution in [2.75, 3.05) is 13.2 Å². The van der Waals surface area contributed by atoms with Crippen LogP contribution in [0.2, 0.25) is 0 Å². The second-order valence-electron chi connectivity index (χ2n) is 5.80. The van der Waals surface area contributed by atoms with E-state index in [1.807, 2.05) is 0 Å². The highest BCUT2D eigenvalue weighted by atomic mass is 19.4. The molecule has 2 unspecified atom stereocenters. The third-order valence-corrected chi connectivity index (χ3v) is 3.84. The van der Waals surface area contributed by atoms with E-state index in [2.05, 4.69) is 4.74 Å². The third-order valence-electron chi connectivity index (χ3n) is 3.84. The van der Waals surface area contributed by atoms with Gasteiger partial charge < -0.3 is 14.6 Å². The number of hydrogen-bond acceptors (Lipinski definition) is 4. The normalized spacial score (nSPS) is 34.4. The lowest BCUT2D eigenvalue weighted by Crippen LogP contribution is -2.49. The van der Waals surface area contributed by atoms with Crippen molar-refractivity contribution < 1.29 is 32.5 Å². The van der Waals surface area contributed by atoms with Crippen molar-refractivity contribution in [2.45, 2.75) is 69.3 Å². The fourth-order valence-electron chi connectivity index (χ4n) is 2.55. The molecule has 20 heavy (non-hydrogen) atoms. The van der Waals surface area contributed by atoms with E-state index < -0.39 is 18.1 Å². The van der Waals surface area contributed by atoms with Crippen LogP contribution in [0.5, 0.6) is 0 Å². The largest absolute Gasteiger partial charge is 0.522 e. The fraction of sp³-hybridized carbons (Fsp3) is 1.00. The van der Waals surface area contributed by atoms with Crippen LogP contribution in [0.4, 0.5) is 13.2 Å². The van der Waals surface area contributed by atoms with E-state index in [1.165, 1.54) is 0 Å². The first kappa shape index (κ1) is 16.0. The van der Waals surface area contributed by atoms with Crippen molar-refractivity contribution in [3.63, 3.8) is 0 Å². The van der Waals surface area contributed by atoms with Crippen LogP contribution in [0.25, 0.3) is 0 Å². The zero-order valence-corrected chi connectivity index (χ0v) is 11.5. The van der Waals surface area contributed by atoms with Crippen molar-refractivity contribution in [3.8, 4) is 0 Å². The number of hydrogen-bond donors (Lipinski definition) is 1. The topological polar surface area (TPSA) is 47.9 Å². The first-order valence-electron chi connectivity index (χ1n) is 6.96. The molecule has 118 valence electrons. The molecule has 0 aromatic carbocycles. The van der Waals surface area contributed by atoms with Gasteiger partial charge in [-0.3, -0.25) is 4.74 Å². The number of rotatable bonds is 5. The van der Waals surface area contributed by atoms with Gasteiger partial charge in [-0.1, -0.05) is 0 Å². The van der Waals surface area contributed by atoms with Gasteiger partial charge in [0, 0.05) is 19.4 Å². The van der Waals surface area contributed by atoms with Crippen molar-refractivity contribution in [1.82, 2.24) is 0 Å². The monoisotopic (exact) mass is 298 g/mol. The van der Waals surface area contributed by atoms with Crippen LogP contribution in [-0.2, 0) is 14.2 Å². The Morgan fingerprint density at radius 2 is 1.90 bits per heavy atom. The van der Waals surface area contributed by atoms with Crippen LogP contribution in [0, 0.1) is 0 Å². The van der Waals surface area contributed by atoms with Gasteiger partial charge in [0.1, 0.15) is 5.60 Å². The highest BCUT2D eigenvalue weighted by Crippen LogP contribution is 2.33. The zero-order chi connectivity index (χ0) is 14.8. The molecule has 1 aliphatic carbocycles. The van der Waals surface area contributed by atoms with Crippen LogP contribution < -0.4 is 0 Å². The summed E-state index contributed by atoms with van der Waals surface area (Å²) in [7, 11) is 0. The van der Waals surface area contributed by atoms with Crippen LogP contribution in [-0.4, -0.2) is 48.6 Å².